The van der Waals surface area contributed by atoms with Crippen molar-refractivity contribution < 1.29 is 8.78 Å². The van der Waals surface area contributed by atoms with E-state index in [-0.39, 0.29) is 6.42 Å². The van der Waals surface area contributed by atoms with Gasteiger partial charge in [0, 0.05) is 50.4 Å². The minimum atomic E-state index is -2.53. The van der Waals surface area contributed by atoms with Crippen molar-refractivity contribution in [1.29, 1.82) is 0 Å². The lowest BCUT2D eigenvalue weighted by atomic mass is 10.1. The van der Waals surface area contributed by atoms with Crippen LogP contribution >= 0.6 is 11.9 Å². The summed E-state index contributed by atoms with van der Waals surface area (Å²) in [6.45, 7) is 2.85. The molecule has 2 aromatic heterocycles. The van der Waals surface area contributed by atoms with Crippen LogP contribution in [-0.4, -0.2) is 63.7 Å². The second kappa shape index (κ2) is 5.63. The summed E-state index contributed by atoms with van der Waals surface area (Å²) in [6, 6.07) is 2.19. The highest BCUT2D eigenvalue weighted by Crippen LogP contribution is 2.65. The molecular formula is C17H20F2N6S. The van der Waals surface area contributed by atoms with Gasteiger partial charge in [0.05, 0.1) is 11.5 Å². The third-order valence-corrected chi connectivity index (χ3v) is 6.60. The van der Waals surface area contributed by atoms with Crippen molar-refractivity contribution in [3.05, 3.63) is 18.5 Å². The third-order valence-electron chi connectivity index (χ3n) is 5.78. The number of aromatic nitrogens is 3. The molecule has 138 valence electrons. The van der Waals surface area contributed by atoms with Crippen molar-refractivity contribution in [2.24, 2.45) is 5.41 Å². The topological polar surface area (TPSA) is 57.2 Å². The maximum absolute atomic E-state index is 13.7. The summed E-state index contributed by atoms with van der Waals surface area (Å²) >= 11 is 1.73. The van der Waals surface area contributed by atoms with Crippen LogP contribution in [0.25, 0.3) is 10.9 Å². The molecule has 1 spiro atoms. The average Bonchev–Trinajstić information content (AvgIpc) is 2.91. The van der Waals surface area contributed by atoms with Crippen LogP contribution in [0.15, 0.2) is 18.5 Å². The van der Waals surface area contributed by atoms with Gasteiger partial charge < -0.3 is 10.2 Å². The van der Waals surface area contributed by atoms with Gasteiger partial charge in [0.15, 0.2) is 5.82 Å². The molecule has 0 radical (unpaired) electrons. The van der Waals surface area contributed by atoms with Crippen LogP contribution in [0.2, 0.25) is 0 Å². The number of halogens is 2. The van der Waals surface area contributed by atoms with Crippen molar-refractivity contribution in [1.82, 2.24) is 19.3 Å². The molecule has 1 aliphatic carbocycles. The number of pyridine rings is 1. The summed E-state index contributed by atoms with van der Waals surface area (Å²) in [5, 5.41) is 4.23. The maximum Gasteiger partial charge on any atom is 0.256 e. The fourth-order valence-corrected chi connectivity index (χ4v) is 4.64. The minimum absolute atomic E-state index is 0.00330. The first-order valence-electron chi connectivity index (χ1n) is 8.80. The van der Waals surface area contributed by atoms with Gasteiger partial charge in [-0.25, -0.2) is 28.0 Å². The predicted octanol–water partition coefficient (Wildman–Crippen LogP) is 2.63. The monoisotopic (exact) mass is 378 g/mol. The lowest BCUT2D eigenvalue weighted by Gasteiger charge is -2.37. The summed E-state index contributed by atoms with van der Waals surface area (Å²) in [6.07, 6.45) is 6.05. The summed E-state index contributed by atoms with van der Waals surface area (Å²) < 4.78 is 29.7. The molecule has 1 atom stereocenters. The zero-order valence-corrected chi connectivity index (χ0v) is 15.3. The molecule has 1 unspecified atom stereocenters. The van der Waals surface area contributed by atoms with Gasteiger partial charge >= 0.3 is 0 Å². The predicted molar refractivity (Wildman–Crippen MR) is 98.7 cm³/mol. The van der Waals surface area contributed by atoms with Crippen LogP contribution < -0.4 is 10.2 Å². The van der Waals surface area contributed by atoms with Gasteiger partial charge in [-0.15, -0.1) is 0 Å². The Morgan fingerprint density at radius 3 is 2.81 bits per heavy atom. The number of rotatable bonds is 4. The smallest absolute Gasteiger partial charge is 0.256 e. The van der Waals surface area contributed by atoms with Crippen LogP contribution in [0.1, 0.15) is 12.8 Å². The highest BCUT2D eigenvalue weighted by atomic mass is 32.2. The Morgan fingerprint density at radius 2 is 2.12 bits per heavy atom. The molecule has 2 aliphatic heterocycles. The molecule has 0 amide bonds. The summed E-state index contributed by atoms with van der Waals surface area (Å²) in [4.78, 5) is 15.5. The Hall–Kier alpha value is -1.74. The molecular weight excluding hydrogens is 358 g/mol. The van der Waals surface area contributed by atoms with E-state index in [1.54, 1.807) is 24.3 Å². The highest BCUT2D eigenvalue weighted by molar-refractivity contribution is 7.96. The van der Waals surface area contributed by atoms with E-state index >= 15 is 0 Å². The first-order valence-corrected chi connectivity index (χ1v) is 9.98. The van der Waals surface area contributed by atoms with E-state index < -0.39 is 11.3 Å². The van der Waals surface area contributed by atoms with Crippen molar-refractivity contribution >= 4 is 34.6 Å². The molecule has 0 aromatic carbocycles. The standard InChI is InChI=1S/C17H20F2N6S/c1-26-25-7-12(8-25)22-15-21-6-11-2-4-20-14(13(11)23-15)24-5-3-16(10-24)9-17(16,18)19/h2,4,6,12H,3,5,7-10H2,1H3,(H,21,22,23). The number of alkyl halides is 2. The molecule has 0 bridgehead atoms. The number of hydrogen-bond donors (Lipinski definition) is 1. The van der Waals surface area contributed by atoms with E-state index in [0.29, 0.717) is 37.3 Å². The van der Waals surface area contributed by atoms with Crippen molar-refractivity contribution in [2.75, 3.05) is 42.7 Å². The molecule has 1 N–H and O–H groups in total. The first-order chi connectivity index (χ1) is 12.5. The van der Waals surface area contributed by atoms with E-state index in [4.69, 9.17) is 0 Å². The second-order valence-electron chi connectivity index (χ2n) is 7.47. The SMILES string of the molecule is CSN1CC(Nc2ncc3ccnc(N4CCC5(C4)CC5(F)F)c3n2)C1. The van der Waals surface area contributed by atoms with Gasteiger partial charge in [-0.2, -0.15) is 0 Å². The molecule has 3 aliphatic rings. The normalized spacial score (nSPS) is 27.9. The molecule has 6 nitrogen and oxygen atoms in total. The fraction of sp³-hybridized carbons (Fsp3) is 0.588. The van der Waals surface area contributed by atoms with Crippen LogP contribution in [0.4, 0.5) is 20.5 Å². The maximum atomic E-state index is 13.7. The lowest BCUT2D eigenvalue weighted by molar-refractivity contribution is 0.0711. The van der Waals surface area contributed by atoms with Gasteiger partial charge in [0.25, 0.3) is 5.92 Å². The molecule has 2 saturated heterocycles. The largest absolute Gasteiger partial charge is 0.354 e. The Morgan fingerprint density at radius 1 is 1.31 bits per heavy atom. The van der Waals surface area contributed by atoms with Gasteiger partial charge in [-0.3, -0.25) is 0 Å². The summed E-state index contributed by atoms with van der Waals surface area (Å²) in [5.41, 5.74) is -0.120. The van der Waals surface area contributed by atoms with E-state index in [1.165, 1.54) is 0 Å². The van der Waals surface area contributed by atoms with Crippen LogP contribution in [0.3, 0.4) is 0 Å². The lowest BCUT2D eigenvalue weighted by Crippen LogP contribution is -2.51. The number of fused-ring (bicyclic) bond motifs is 1. The number of nitrogens with zero attached hydrogens (tertiary/aromatic N) is 5. The van der Waals surface area contributed by atoms with Gasteiger partial charge in [0.2, 0.25) is 5.95 Å². The number of anilines is 2. The van der Waals surface area contributed by atoms with E-state index in [2.05, 4.69) is 30.8 Å². The van der Waals surface area contributed by atoms with Crippen molar-refractivity contribution in [3.63, 3.8) is 0 Å². The van der Waals surface area contributed by atoms with Gasteiger partial charge in [0.1, 0.15) is 5.52 Å². The molecule has 9 heteroatoms. The number of nitrogens with one attached hydrogen (secondary N) is 1. The highest BCUT2D eigenvalue weighted by Gasteiger charge is 2.72. The van der Waals surface area contributed by atoms with E-state index in [9.17, 15) is 8.78 Å². The van der Waals surface area contributed by atoms with Crippen molar-refractivity contribution in [2.45, 2.75) is 24.8 Å². The van der Waals surface area contributed by atoms with Gasteiger partial charge in [-0.05, 0) is 18.7 Å². The van der Waals surface area contributed by atoms with E-state index in [1.807, 2.05) is 11.0 Å². The summed E-state index contributed by atoms with van der Waals surface area (Å²) in [5.74, 6) is -1.27. The second-order valence-corrected chi connectivity index (χ2v) is 8.35. The quantitative estimate of drug-likeness (QED) is 0.821. The minimum Gasteiger partial charge on any atom is -0.354 e. The average molecular weight is 378 g/mol. The molecule has 4 heterocycles. The Balaban J connectivity index is 1.40. The van der Waals surface area contributed by atoms with Crippen LogP contribution in [0, 0.1) is 5.41 Å². The number of hydrogen-bond acceptors (Lipinski definition) is 7. The fourth-order valence-electron chi connectivity index (χ4n) is 3.98. The summed E-state index contributed by atoms with van der Waals surface area (Å²) in [7, 11) is 0. The zero-order chi connectivity index (χ0) is 17.9. The third kappa shape index (κ3) is 2.51. The molecule has 26 heavy (non-hydrogen) atoms. The molecule has 3 fully saturated rings. The Bertz CT molecular complexity index is 858. The molecule has 2 aromatic rings. The molecule has 5 rings (SSSR count). The first kappa shape index (κ1) is 16.4. The Labute approximate surface area is 154 Å². The molecule has 1 saturated carbocycles. The van der Waals surface area contributed by atoms with Gasteiger partial charge in [-0.1, -0.05) is 11.9 Å². The Kier molecular flexibility index (Phi) is 3.56. The van der Waals surface area contributed by atoms with Crippen LogP contribution in [-0.2, 0) is 0 Å². The van der Waals surface area contributed by atoms with E-state index in [0.717, 1.165) is 24.0 Å². The van der Waals surface area contributed by atoms with Crippen LogP contribution in [0.5, 0.6) is 0 Å². The zero-order valence-electron chi connectivity index (χ0n) is 14.5. The van der Waals surface area contributed by atoms with Crippen molar-refractivity contribution in [3.8, 4) is 0 Å².